The van der Waals surface area contributed by atoms with Crippen molar-refractivity contribution in [2.45, 2.75) is 38.9 Å². The summed E-state index contributed by atoms with van der Waals surface area (Å²) >= 11 is 1.17. The summed E-state index contributed by atoms with van der Waals surface area (Å²) in [6.07, 6.45) is -2.29. The lowest BCUT2D eigenvalue weighted by Gasteiger charge is -2.20. The normalized spacial score (nSPS) is 15.5. The van der Waals surface area contributed by atoms with Crippen molar-refractivity contribution < 1.29 is 18.0 Å². The Balaban J connectivity index is 1.90. The summed E-state index contributed by atoms with van der Waals surface area (Å²) in [6, 6.07) is 3.54. The first-order valence-corrected chi connectivity index (χ1v) is 10.1. The molecule has 1 unspecified atom stereocenters. The quantitative estimate of drug-likeness (QED) is 0.637. The molecule has 0 saturated heterocycles. The molecule has 0 fully saturated rings. The van der Waals surface area contributed by atoms with Gasteiger partial charge >= 0.3 is 6.18 Å². The third-order valence-corrected chi connectivity index (χ3v) is 5.82. The number of hydrogen-bond donors (Lipinski definition) is 2. The summed E-state index contributed by atoms with van der Waals surface area (Å²) in [5, 5.41) is 10.3. The van der Waals surface area contributed by atoms with Gasteiger partial charge in [0, 0.05) is 31.3 Å². The van der Waals surface area contributed by atoms with Crippen LogP contribution in [0.5, 0.6) is 0 Å². The molecule has 0 bridgehead atoms. The fraction of sp³-hybridized carbons (Fsp3) is 0.368. The van der Waals surface area contributed by atoms with Crippen LogP contribution in [-0.2, 0) is 17.8 Å². The van der Waals surface area contributed by atoms with E-state index in [-0.39, 0.29) is 11.8 Å². The zero-order valence-electron chi connectivity index (χ0n) is 16.5. The van der Waals surface area contributed by atoms with E-state index in [1.807, 2.05) is 6.92 Å². The number of nitrogens with one attached hydrogen (secondary N) is 2. The smallest absolute Gasteiger partial charge is 0.373 e. The Bertz CT molecular complexity index is 1100. The minimum Gasteiger partial charge on any atom is -0.373 e. The second kappa shape index (κ2) is 7.38. The van der Waals surface area contributed by atoms with Crippen molar-refractivity contribution in [2.75, 3.05) is 17.7 Å². The molecular formula is C19H19F3N6OS. The second-order valence-electron chi connectivity index (χ2n) is 7.15. The number of halogens is 3. The van der Waals surface area contributed by atoms with Crippen molar-refractivity contribution >= 4 is 28.2 Å². The van der Waals surface area contributed by atoms with Crippen molar-refractivity contribution in [1.82, 2.24) is 19.7 Å². The molecule has 30 heavy (non-hydrogen) atoms. The fourth-order valence-electron chi connectivity index (χ4n) is 3.63. The van der Waals surface area contributed by atoms with E-state index in [0.717, 1.165) is 10.2 Å². The molecular weight excluding hydrogens is 417 g/mol. The number of alkyl halides is 3. The highest BCUT2D eigenvalue weighted by atomic mass is 32.1. The number of amides is 1. The van der Waals surface area contributed by atoms with Gasteiger partial charge in [-0.1, -0.05) is 18.3 Å². The first-order valence-electron chi connectivity index (χ1n) is 9.25. The maximum Gasteiger partial charge on any atom is 0.408 e. The molecule has 1 amide bonds. The van der Waals surface area contributed by atoms with Crippen molar-refractivity contribution in [3.05, 3.63) is 29.6 Å². The maximum absolute atomic E-state index is 13.3. The van der Waals surface area contributed by atoms with Crippen LogP contribution in [0.2, 0.25) is 0 Å². The van der Waals surface area contributed by atoms with E-state index in [1.54, 1.807) is 25.4 Å². The van der Waals surface area contributed by atoms with E-state index < -0.39 is 12.7 Å². The van der Waals surface area contributed by atoms with Crippen molar-refractivity contribution in [3.63, 3.8) is 0 Å². The number of carbonyl (C=O) groups is 1. The summed E-state index contributed by atoms with van der Waals surface area (Å²) in [5.74, 6) is 0.273. The third kappa shape index (κ3) is 3.76. The van der Waals surface area contributed by atoms with Crippen LogP contribution in [-0.4, -0.2) is 38.9 Å². The van der Waals surface area contributed by atoms with E-state index >= 15 is 0 Å². The number of thiazole rings is 1. The fourth-order valence-corrected chi connectivity index (χ4v) is 4.74. The molecule has 0 aromatic carbocycles. The molecule has 2 N–H and O–H groups in total. The van der Waals surface area contributed by atoms with Crippen LogP contribution in [0.1, 0.15) is 31.0 Å². The molecule has 1 aliphatic carbocycles. The second-order valence-corrected chi connectivity index (χ2v) is 8.15. The van der Waals surface area contributed by atoms with Crippen LogP contribution in [0.15, 0.2) is 18.3 Å². The Morgan fingerprint density at radius 2 is 2.13 bits per heavy atom. The number of hydrogen-bond acceptors (Lipinski definition) is 6. The highest BCUT2D eigenvalue weighted by molar-refractivity contribution is 7.19. The number of rotatable bonds is 4. The van der Waals surface area contributed by atoms with Crippen LogP contribution in [0.3, 0.4) is 0 Å². The highest BCUT2D eigenvalue weighted by Gasteiger charge is 2.37. The molecule has 1 atom stereocenters. The molecule has 1 aliphatic rings. The zero-order valence-corrected chi connectivity index (χ0v) is 17.3. The number of anilines is 2. The Hall–Kier alpha value is -2.95. The van der Waals surface area contributed by atoms with Crippen LogP contribution in [0.25, 0.3) is 21.8 Å². The number of pyridine rings is 1. The first-order chi connectivity index (χ1) is 14.2. The van der Waals surface area contributed by atoms with Gasteiger partial charge in [-0.25, -0.2) is 9.97 Å². The standard InChI is InChI=1S/C19H19F3N6OS/c1-9-6-12-17(30-18(26-12)25-10(2)29)16-14(9)15(27-28(16)8-19(20,21)22)11-4-5-13(23-3)24-7-11/h4-5,7,9H,6,8H2,1-3H3,(H,23,24)(H,25,26,29). The molecule has 0 spiro atoms. The van der Waals surface area contributed by atoms with Crippen LogP contribution in [0, 0.1) is 0 Å². The van der Waals surface area contributed by atoms with Gasteiger partial charge in [0.05, 0.1) is 22.0 Å². The van der Waals surface area contributed by atoms with E-state index in [1.165, 1.54) is 18.3 Å². The Morgan fingerprint density at radius 1 is 1.37 bits per heavy atom. The first kappa shape index (κ1) is 20.3. The summed E-state index contributed by atoms with van der Waals surface area (Å²) in [4.78, 5) is 20.7. The number of nitrogens with zero attached hydrogens (tertiary/aromatic N) is 4. The highest BCUT2D eigenvalue weighted by Crippen LogP contribution is 2.47. The van der Waals surface area contributed by atoms with Crippen LogP contribution < -0.4 is 10.6 Å². The van der Waals surface area contributed by atoms with Gasteiger partial charge in [0.1, 0.15) is 12.4 Å². The van der Waals surface area contributed by atoms with Gasteiger partial charge in [0.2, 0.25) is 5.91 Å². The largest absolute Gasteiger partial charge is 0.408 e. The van der Waals surface area contributed by atoms with Gasteiger partial charge < -0.3 is 10.6 Å². The van der Waals surface area contributed by atoms with Gasteiger partial charge in [-0.3, -0.25) is 9.48 Å². The average Bonchev–Trinajstić information content (AvgIpc) is 3.21. The maximum atomic E-state index is 13.3. The Labute approximate surface area is 174 Å². The Morgan fingerprint density at radius 3 is 2.73 bits per heavy atom. The molecule has 0 radical (unpaired) electrons. The SMILES string of the molecule is CNc1ccc(-c2nn(CC(F)(F)F)c3c2C(C)Cc2nc(NC(C)=O)sc2-3)cn1. The van der Waals surface area contributed by atoms with Gasteiger partial charge in [0.25, 0.3) is 0 Å². The Kier molecular flexibility index (Phi) is 5.00. The predicted molar refractivity (Wildman–Crippen MR) is 109 cm³/mol. The van der Waals surface area contributed by atoms with E-state index in [4.69, 9.17) is 0 Å². The summed E-state index contributed by atoms with van der Waals surface area (Å²) in [5.41, 5.74) is 2.94. The molecule has 3 aromatic rings. The van der Waals surface area contributed by atoms with Gasteiger partial charge in [-0.05, 0) is 24.5 Å². The third-order valence-electron chi connectivity index (χ3n) is 4.80. The molecule has 3 aromatic heterocycles. The lowest BCUT2D eigenvalue weighted by molar-refractivity contribution is -0.142. The van der Waals surface area contributed by atoms with Crippen LogP contribution in [0.4, 0.5) is 24.1 Å². The number of fused-ring (bicyclic) bond motifs is 3. The molecule has 158 valence electrons. The van der Waals surface area contributed by atoms with Crippen LogP contribution >= 0.6 is 11.3 Å². The van der Waals surface area contributed by atoms with E-state index in [0.29, 0.717) is 44.9 Å². The van der Waals surface area contributed by atoms with E-state index in [9.17, 15) is 18.0 Å². The molecule has 0 aliphatic heterocycles. The molecule has 7 nitrogen and oxygen atoms in total. The number of carbonyl (C=O) groups excluding carboxylic acids is 1. The summed E-state index contributed by atoms with van der Waals surface area (Å²) in [7, 11) is 1.74. The minimum absolute atomic E-state index is 0.0965. The summed E-state index contributed by atoms with van der Waals surface area (Å²) < 4.78 is 41.0. The molecule has 3 heterocycles. The zero-order chi connectivity index (χ0) is 21.6. The van der Waals surface area contributed by atoms with Gasteiger partial charge in [0.15, 0.2) is 5.13 Å². The monoisotopic (exact) mass is 436 g/mol. The molecule has 4 rings (SSSR count). The van der Waals surface area contributed by atoms with Gasteiger partial charge in [-0.2, -0.15) is 18.3 Å². The molecule has 11 heteroatoms. The lowest BCUT2D eigenvalue weighted by Crippen LogP contribution is -2.20. The molecule has 0 saturated carbocycles. The van der Waals surface area contributed by atoms with Gasteiger partial charge in [-0.15, -0.1) is 0 Å². The predicted octanol–water partition coefficient (Wildman–Crippen LogP) is 4.29. The van der Waals surface area contributed by atoms with Crippen molar-refractivity contribution in [1.29, 1.82) is 0 Å². The average molecular weight is 436 g/mol. The van der Waals surface area contributed by atoms with Crippen molar-refractivity contribution in [2.24, 2.45) is 0 Å². The lowest BCUT2D eigenvalue weighted by atomic mass is 9.86. The summed E-state index contributed by atoms with van der Waals surface area (Å²) in [6.45, 7) is 2.09. The topological polar surface area (TPSA) is 84.7 Å². The van der Waals surface area contributed by atoms with Crippen molar-refractivity contribution in [3.8, 4) is 21.8 Å². The minimum atomic E-state index is -4.43. The number of aromatic nitrogens is 4. The van der Waals surface area contributed by atoms with E-state index in [2.05, 4.69) is 25.7 Å².